The molecule has 0 aliphatic rings. The second-order valence-electron chi connectivity index (χ2n) is 3.64. The van der Waals surface area contributed by atoms with Crippen molar-refractivity contribution in [1.82, 2.24) is 0 Å². The normalized spacial score (nSPS) is 19.5. The molecule has 0 rings (SSSR count). The summed E-state index contributed by atoms with van der Waals surface area (Å²) in [5.74, 6) is 0.375. The first-order valence-electron chi connectivity index (χ1n) is 3.93. The third kappa shape index (κ3) is 3.54. The molecule has 2 atom stereocenters. The van der Waals surface area contributed by atoms with Crippen molar-refractivity contribution < 1.29 is 10.2 Å². The third-order valence-electron chi connectivity index (χ3n) is 1.68. The van der Waals surface area contributed by atoms with Crippen LogP contribution in [-0.2, 0) is 0 Å². The minimum atomic E-state index is -1.03. The lowest BCUT2D eigenvalue weighted by Gasteiger charge is -2.28. The van der Waals surface area contributed by atoms with Crippen LogP contribution in [0.3, 0.4) is 0 Å². The molecule has 0 spiro atoms. The van der Waals surface area contributed by atoms with Gasteiger partial charge in [0.1, 0.15) is 6.10 Å². The number of hydrogen-bond donors (Lipinski definition) is 2. The summed E-state index contributed by atoms with van der Waals surface area (Å²) >= 11 is 0. The average Bonchev–Trinajstić information content (AvgIpc) is 1.83. The molecule has 0 aliphatic carbocycles. The van der Waals surface area contributed by atoms with Crippen LogP contribution in [0.2, 0.25) is 0 Å². The Morgan fingerprint density at radius 2 is 2.00 bits per heavy atom. The second kappa shape index (κ2) is 3.88. The maximum absolute atomic E-state index is 9.63. The van der Waals surface area contributed by atoms with Gasteiger partial charge in [0, 0.05) is 0 Å². The number of aliphatic hydroxyl groups is 2. The van der Waals surface area contributed by atoms with Crippen LogP contribution in [0.25, 0.3) is 0 Å². The fraction of sp³-hybridized carbons (Fsp3) is 0.778. The second-order valence-corrected chi connectivity index (χ2v) is 3.64. The summed E-state index contributed by atoms with van der Waals surface area (Å²) in [6, 6.07) is 0. The molecule has 2 unspecified atom stereocenters. The van der Waals surface area contributed by atoms with E-state index in [0.29, 0.717) is 12.3 Å². The van der Waals surface area contributed by atoms with Gasteiger partial charge in [-0.3, -0.25) is 0 Å². The van der Waals surface area contributed by atoms with Crippen molar-refractivity contribution in [2.75, 3.05) is 0 Å². The van der Waals surface area contributed by atoms with Crippen LogP contribution in [0.4, 0.5) is 0 Å². The zero-order chi connectivity index (χ0) is 9.07. The van der Waals surface area contributed by atoms with Crippen LogP contribution < -0.4 is 0 Å². The van der Waals surface area contributed by atoms with Crippen LogP contribution in [-0.4, -0.2) is 21.9 Å². The lowest BCUT2D eigenvalue weighted by atomic mass is 9.89. The molecule has 0 saturated heterocycles. The summed E-state index contributed by atoms with van der Waals surface area (Å²) in [6.07, 6.45) is 1.12. The summed E-state index contributed by atoms with van der Waals surface area (Å²) in [6.45, 7) is 9.06. The van der Waals surface area contributed by atoms with Crippen LogP contribution in [0.5, 0.6) is 0 Å². The molecule has 0 radical (unpaired) electrons. The monoisotopic (exact) mass is 158 g/mol. The Morgan fingerprint density at radius 3 is 2.27 bits per heavy atom. The maximum atomic E-state index is 9.63. The van der Waals surface area contributed by atoms with Crippen molar-refractivity contribution in [3.05, 3.63) is 12.7 Å². The van der Waals surface area contributed by atoms with E-state index in [4.69, 9.17) is 0 Å². The summed E-state index contributed by atoms with van der Waals surface area (Å²) < 4.78 is 0. The molecule has 0 aromatic heterocycles. The van der Waals surface area contributed by atoms with Crippen molar-refractivity contribution in [3.8, 4) is 0 Å². The van der Waals surface area contributed by atoms with Gasteiger partial charge >= 0.3 is 0 Å². The zero-order valence-corrected chi connectivity index (χ0v) is 7.54. The topological polar surface area (TPSA) is 40.5 Å². The molecule has 0 saturated carbocycles. The summed E-state index contributed by atoms with van der Waals surface area (Å²) in [5.41, 5.74) is -1.03. The average molecular weight is 158 g/mol. The Bertz CT molecular complexity index is 128. The largest absolute Gasteiger partial charge is 0.387 e. The molecular formula is C9H18O2. The smallest absolute Gasteiger partial charge is 0.100 e. The van der Waals surface area contributed by atoms with E-state index >= 15 is 0 Å². The van der Waals surface area contributed by atoms with Gasteiger partial charge in [0.15, 0.2) is 0 Å². The van der Waals surface area contributed by atoms with E-state index in [1.54, 1.807) is 6.92 Å². The molecule has 0 bridgehead atoms. The van der Waals surface area contributed by atoms with E-state index in [9.17, 15) is 10.2 Å². The summed E-state index contributed by atoms with van der Waals surface area (Å²) in [7, 11) is 0. The molecule has 0 aromatic carbocycles. The van der Waals surface area contributed by atoms with Gasteiger partial charge in [-0.15, -0.1) is 6.58 Å². The van der Waals surface area contributed by atoms with E-state index < -0.39 is 11.7 Å². The first-order chi connectivity index (χ1) is 4.90. The SMILES string of the molecule is C=CC(O)C(C)(O)CC(C)C. The van der Waals surface area contributed by atoms with E-state index in [1.165, 1.54) is 6.08 Å². The highest BCUT2D eigenvalue weighted by atomic mass is 16.3. The Morgan fingerprint density at radius 1 is 1.55 bits per heavy atom. The van der Waals surface area contributed by atoms with Gasteiger partial charge in [-0.05, 0) is 19.3 Å². The third-order valence-corrected chi connectivity index (χ3v) is 1.68. The maximum Gasteiger partial charge on any atom is 0.100 e. The molecule has 11 heavy (non-hydrogen) atoms. The minimum absolute atomic E-state index is 0.375. The first kappa shape index (κ1) is 10.7. The molecule has 0 amide bonds. The molecule has 0 heterocycles. The van der Waals surface area contributed by atoms with Gasteiger partial charge in [0.2, 0.25) is 0 Å². The summed E-state index contributed by atoms with van der Waals surface area (Å²) in [4.78, 5) is 0. The van der Waals surface area contributed by atoms with Crippen LogP contribution in [0, 0.1) is 5.92 Å². The van der Waals surface area contributed by atoms with Gasteiger partial charge in [-0.2, -0.15) is 0 Å². The molecular weight excluding hydrogens is 140 g/mol. The van der Waals surface area contributed by atoms with E-state index in [1.807, 2.05) is 13.8 Å². The van der Waals surface area contributed by atoms with E-state index in [2.05, 4.69) is 6.58 Å². The molecule has 2 nitrogen and oxygen atoms in total. The Hall–Kier alpha value is -0.340. The Balaban J connectivity index is 4.08. The Labute approximate surface area is 68.6 Å². The van der Waals surface area contributed by atoms with Crippen molar-refractivity contribution in [1.29, 1.82) is 0 Å². The minimum Gasteiger partial charge on any atom is -0.387 e. The predicted molar refractivity (Wildman–Crippen MR) is 46.3 cm³/mol. The fourth-order valence-electron chi connectivity index (χ4n) is 1.20. The van der Waals surface area contributed by atoms with Crippen LogP contribution >= 0.6 is 0 Å². The molecule has 66 valence electrons. The van der Waals surface area contributed by atoms with E-state index in [0.717, 1.165) is 0 Å². The molecule has 0 aromatic rings. The summed E-state index contributed by atoms with van der Waals surface area (Å²) in [5, 5.41) is 18.9. The molecule has 0 aliphatic heterocycles. The number of aliphatic hydroxyl groups excluding tert-OH is 1. The Kier molecular flexibility index (Phi) is 3.76. The lowest BCUT2D eigenvalue weighted by Crippen LogP contribution is -2.38. The van der Waals surface area contributed by atoms with Crippen molar-refractivity contribution in [2.24, 2.45) is 5.92 Å². The highest BCUT2D eigenvalue weighted by Gasteiger charge is 2.28. The highest BCUT2D eigenvalue weighted by Crippen LogP contribution is 2.20. The van der Waals surface area contributed by atoms with Gasteiger partial charge < -0.3 is 10.2 Å². The van der Waals surface area contributed by atoms with Gasteiger partial charge in [-0.25, -0.2) is 0 Å². The molecule has 0 fully saturated rings. The first-order valence-corrected chi connectivity index (χ1v) is 3.93. The quantitative estimate of drug-likeness (QED) is 0.606. The van der Waals surface area contributed by atoms with Gasteiger partial charge in [-0.1, -0.05) is 19.9 Å². The van der Waals surface area contributed by atoms with E-state index in [-0.39, 0.29) is 0 Å². The van der Waals surface area contributed by atoms with Crippen LogP contribution in [0.15, 0.2) is 12.7 Å². The number of rotatable bonds is 4. The van der Waals surface area contributed by atoms with Gasteiger partial charge in [0.05, 0.1) is 5.60 Å². The van der Waals surface area contributed by atoms with Crippen molar-refractivity contribution in [2.45, 2.75) is 38.9 Å². The fourth-order valence-corrected chi connectivity index (χ4v) is 1.20. The van der Waals surface area contributed by atoms with Crippen molar-refractivity contribution >= 4 is 0 Å². The van der Waals surface area contributed by atoms with Gasteiger partial charge in [0.25, 0.3) is 0 Å². The highest BCUT2D eigenvalue weighted by molar-refractivity contribution is 4.93. The predicted octanol–water partition coefficient (Wildman–Crippen LogP) is 1.33. The van der Waals surface area contributed by atoms with Crippen LogP contribution in [0.1, 0.15) is 27.2 Å². The number of hydrogen-bond acceptors (Lipinski definition) is 2. The molecule has 2 N–H and O–H groups in total. The van der Waals surface area contributed by atoms with Crippen molar-refractivity contribution in [3.63, 3.8) is 0 Å². The lowest BCUT2D eigenvalue weighted by molar-refractivity contribution is -0.0510. The molecule has 2 heteroatoms. The standard InChI is InChI=1S/C9H18O2/c1-5-8(10)9(4,11)6-7(2)3/h5,7-8,10-11H,1,6H2,2-4H3. The zero-order valence-electron chi connectivity index (χ0n) is 7.54.